The molecule has 0 aromatic heterocycles. The van der Waals surface area contributed by atoms with Crippen LogP contribution in [0.1, 0.15) is 52.4 Å². The first-order valence-corrected chi connectivity index (χ1v) is 10.2. The van der Waals surface area contributed by atoms with E-state index in [1.165, 1.54) is 0 Å². The smallest absolute Gasteiger partial charge is 0.331 e. The number of cyclic esters (lactones) is 1. The van der Waals surface area contributed by atoms with Crippen molar-refractivity contribution in [3.05, 3.63) is 22.8 Å². The van der Waals surface area contributed by atoms with Gasteiger partial charge in [0.25, 0.3) is 0 Å². The molecule has 0 N–H and O–H groups in total. The van der Waals surface area contributed by atoms with E-state index in [0.29, 0.717) is 35.8 Å². The molecule has 5 rings (SSSR count). The fourth-order valence-corrected chi connectivity index (χ4v) is 7.41. The summed E-state index contributed by atoms with van der Waals surface area (Å²) in [5.41, 5.74) is 0.459. The Hall–Kier alpha value is -1.29. The molecule has 5 aliphatic rings. The maximum atomic E-state index is 11.9. The normalized spacial score (nSPS) is 49.6. The third-order valence-corrected chi connectivity index (χ3v) is 8.80. The summed E-state index contributed by atoms with van der Waals surface area (Å²) in [6, 6.07) is 0. The zero-order valence-corrected chi connectivity index (χ0v) is 16.1. The van der Waals surface area contributed by atoms with Crippen LogP contribution in [0.5, 0.6) is 0 Å². The van der Waals surface area contributed by atoms with E-state index in [1.807, 2.05) is 0 Å². The molecule has 26 heavy (non-hydrogen) atoms. The second-order valence-electron chi connectivity index (χ2n) is 9.35. The van der Waals surface area contributed by atoms with Gasteiger partial charge in [-0.3, -0.25) is 4.79 Å². The van der Waals surface area contributed by atoms with Gasteiger partial charge < -0.3 is 9.47 Å². The SMILES string of the molecule is C[C@]12COC(=O)C=C1C(Cl)=C[C@@H]1[C@@H]2CC[C@@]2(C)[C@H]1CC[C@@]21CCC(=O)O1. The van der Waals surface area contributed by atoms with E-state index in [1.54, 1.807) is 6.08 Å². The number of hydrogen-bond acceptors (Lipinski definition) is 4. The number of carbonyl (C=O) groups is 2. The zero-order chi connectivity index (χ0) is 18.3. The van der Waals surface area contributed by atoms with Crippen molar-refractivity contribution in [1.82, 2.24) is 0 Å². The maximum Gasteiger partial charge on any atom is 0.331 e. The molecule has 0 aromatic rings. The van der Waals surface area contributed by atoms with E-state index in [4.69, 9.17) is 21.1 Å². The summed E-state index contributed by atoms with van der Waals surface area (Å²) in [5, 5.41) is 0.707. The Bertz CT molecular complexity index is 770. The molecular formula is C21H25ClO4. The number of carbonyl (C=O) groups excluding carboxylic acids is 2. The van der Waals surface area contributed by atoms with E-state index in [9.17, 15) is 9.59 Å². The molecule has 3 aliphatic carbocycles. The summed E-state index contributed by atoms with van der Waals surface area (Å²) in [6.45, 7) is 4.93. The van der Waals surface area contributed by atoms with E-state index >= 15 is 0 Å². The molecule has 2 heterocycles. The number of halogens is 1. The van der Waals surface area contributed by atoms with Gasteiger partial charge in [0.1, 0.15) is 12.2 Å². The summed E-state index contributed by atoms with van der Waals surface area (Å²) < 4.78 is 11.4. The molecule has 0 bridgehead atoms. The van der Waals surface area contributed by atoms with Crippen molar-refractivity contribution < 1.29 is 19.1 Å². The van der Waals surface area contributed by atoms with Crippen LogP contribution < -0.4 is 0 Å². The molecule has 4 nitrogen and oxygen atoms in total. The van der Waals surface area contributed by atoms with Crippen molar-refractivity contribution in [3.8, 4) is 0 Å². The van der Waals surface area contributed by atoms with Crippen LogP contribution in [0, 0.1) is 28.6 Å². The Balaban J connectivity index is 1.57. The highest BCUT2D eigenvalue weighted by atomic mass is 35.5. The quantitative estimate of drug-likeness (QED) is 0.596. The van der Waals surface area contributed by atoms with Gasteiger partial charge >= 0.3 is 11.9 Å². The minimum absolute atomic E-state index is 0.0108. The summed E-state index contributed by atoms with van der Waals surface area (Å²) in [4.78, 5) is 23.7. The van der Waals surface area contributed by atoms with Gasteiger partial charge in [-0.25, -0.2) is 4.79 Å². The first-order chi connectivity index (χ1) is 12.3. The number of fused-ring (bicyclic) bond motifs is 6. The lowest BCUT2D eigenvalue weighted by Crippen LogP contribution is -2.55. The van der Waals surface area contributed by atoms with Gasteiger partial charge in [-0.15, -0.1) is 0 Å². The first kappa shape index (κ1) is 16.9. The number of ether oxygens (including phenoxy) is 2. The van der Waals surface area contributed by atoms with Gasteiger partial charge in [-0.2, -0.15) is 0 Å². The molecule has 0 amide bonds. The van der Waals surface area contributed by atoms with Gasteiger partial charge in [-0.05, 0) is 55.4 Å². The van der Waals surface area contributed by atoms with Crippen LogP contribution in [0.25, 0.3) is 0 Å². The second-order valence-corrected chi connectivity index (χ2v) is 9.76. The lowest BCUT2D eigenvalue weighted by atomic mass is 9.49. The van der Waals surface area contributed by atoms with Crippen molar-refractivity contribution in [2.45, 2.75) is 58.0 Å². The molecular weight excluding hydrogens is 352 g/mol. The average Bonchev–Trinajstić information content (AvgIpc) is 3.11. The summed E-state index contributed by atoms with van der Waals surface area (Å²) in [6.07, 6.45) is 9.31. The highest BCUT2D eigenvalue weighted by molar-refractivity contribution is 6.32. The zero-order valence-electron chi connectivity index (χ0n) is 15.3. The Morgan fingerprint density at radius 2 is 1.88 bits per heavy atom. The van der Waals surface area contributed by atoms with Crippen molar-refractivity contribution >= 4 is 23.5 Å². The topological polar surface area (TPSA) is 52.6 Å². The molecule has 1 saturated heterocycles. The Kier molecular flexibility index (Phi) is 3.34. The summed E-state index contributed by atoms with van der Waals surface area (Å²) in [5.74, 6) is 0.883. The fraction of sp³-hybridized carbons (Fsp3) is 0.714. The van der Waals surface area contributed by atoms with Crippen LogP contribution >= 0.6 is 11.6 Å². The molecule has 140 valence electrons. The summed E-state index contributed by atoms with van der Waals surface area (Å²) >= 11 is 6.67. The number of hydrogen-bond donors (Lipinski definition) is 0. The minimum atomic E-state index is -0.291. The van der Waals surface area contributed by atoms with Crippen molar-refractivity contribution in [2.75, 3.05) is 6.61 Å². The maximum absolute atomic E-state index is 11.9. The molecule has 5 heteroatoms. The van der Waals surface area contributed by atoms with E-state index in [0.717, 1.165) is 37.7 Å². The first-order valence-electron chi connectivity index (χ1n) is 9.78. The van der Waals surface area contributed by atoms with Crippen LogP contribution in [-0.2, 0) is 19.1 Å². The fourth-order valence-electron chi connectivity index (χ4n) is 7.00. The lowest BCUT2D eigenvalue weighted by Gasteiger charge is -2.57. The number of allylic oxidation sites excluding steroid dienone is 2. The molecule has 0 aromatic carbocycles. The van der Waals surface area contributed by atoms with Crippen molar-refractivity contribution in [1.29, 1.82) is 0 Å². The predicted molar refractivity (Wildman–Crippen MR) is 96.2 cm³/mol. The molecule has 1 spiro atoms. The standard InChI is InChI=1S/C21H25ClO4/c1-19-11-25-18(24)10-15(19)16(22)9-12-13(19)3-6-20(2)14(12)4-7-21(20)8-5-17(23)26-21/h9-10,12-14H,3-8,11H2,1-2H3/t12-,13+,14+,19-,20+,21-/m1/s1. The van der Waals surface area contributed by atoms with Crippen molar-refractivity contribution in [3.63, 3.8) is 0 Å². The number of esters is 2. The summed E-state index contributed by atoms with van der Waals surface area (Å²) in [7, 11) is 0. The van der Waals surface area contributed by atoms with E-state index in [-0.39, 0.29) is 28.4 Å². The highest BCUT2D eigenvalue weighted by Crippen LogP contribution is 2.68. The largest absolute Gasteiger partial charge is 0.462 e. The lowest BCUT2D eigenvalue weighted by molar-refractivity contribution is -0.166. The van der Waals surface area contributed by atoms with Crippen LogP contribution in [0.3, 0.4) is 0 Å². The van der Waals surface area contributed by atoms with Crippen LogP contribution in [-0.4, -0.2) is 24.1 Å². The van der Waals surface area contributed by atoms with Crippen molar-refractivity contribution in [2.24, 2.45) is 28.6 Å². The predicted octanol–water partition coefficient (Wildman–Crippen LogP) is 4.13. The molecule has 6 atom stereocenters. The third kappa shape index (κ3) is 1.92. The third-order valence-electron chi connectivity index (χ3n) is 8.47. The molecule has 0 unspecified atom stereocenters. The van der Waals surface area contributed by atoms with Gasteiger partial charge in [0.05, 0.1) is 0 Å². The van der Waals surface area contributed by atoms with E-state index < -0.39 is 0 Å². The monoisotopic (exact) mass is 376 g/mol. The van der Waals surface area contributed by atoms with Gasteiger partial charge in [0.2, 0.25) is 0 Å². The van der Waals surface area contributed by atoms with E-state index in [2.05, 4.69) is 19.9 Å². The van der Waals surface area contributed by atoms with Gasteiger partial charge in [0.15, 0.2) is 0 Å². The minimum Gasteiger partial charge on any atom is -0.462 e. The molecule has 2 saturated carbocycles. The average molecular weight is 377 g/mol. The van der Waals surface area contributed by atoms with Gasteiger partial charge in [-0.1, -0.05) is 31.5 Å². The molecule has 0 radical (unpaired) electrons. The van der Waals surface area contributed by atoms with Crippen LogP contribution in [0.2, 0.25) is 0 Å². The van der Waals surface area contributed by atoms with Crippen LogP contribution in [0.15, 0.2) is 22.8 Å². The Morgan fingerprint density at radius 3 is 2.62 bits per heavy atom. The van der Waals surface area contributed by atoms with Gasteiger partial charge in [0, 0.05) is 28.4 Å². The number of rotatable bonds is 0. The molecule has 2 aliphatic heterocycles. The van der Waals surface area contributed by atoms with Crippen LogP contribution in [0.4, 0.5) is 0 Å². The second kappa shape index (κ2) is 5.15. The Morgan fingerprint density at radius 1 is 1.12 bits per heavy atom. The highest BCUT2D eigenvalue weighted by Gasteiger charge is 2.67. The Labute approximate surface area is 158 Å². The molecule has 3 fully saturated rings.